The van der Waals surface area contributed by atoms with Crippen LogP contribution in [0, 0.1) is 0 Å². The Labute approximate surface area is 132 Å². The summed E-state index contributed by atoms with van der Waals surface area (Å²) in [7, 11) is 0. The Morgan fingerprint density at radius 3 is 2.65 bits per heavy atom. The monoisotopic (exact) mass is 351 g/mol. The minimum Gasteiger partial charge on any atom is -0.314 e. The molecule has 3 rings (SSSR count). The summed E-state index contributed by atoms with van der Waals surface area (Å²) in [4.78, 5) is 0. The van der Waals surface area contributed by atoms with Crippen LogP contribution in [0.4, 0.5) is 0 Å². The lowest BCUT2D eigenvalue weighted by Gasteiger charge is -1.99. The number of rotatable bonds is 7. The number of aryl methyl sites for hydroxylation is 1. The van der Waals surface area contributed by atoms with E-state index in [1.54, 1.807) is 11.3 Å². The second kappa shape index (κ2) is 6.78. The zero-order valence-corrected chi connectivity index (χ0v) is 13.7. The van der Waals surface area contributed by atoms with Crippen LogP contribution in [0.1, 0.15) is 34.8 Å². The molecule has 1 heterocycles. The molecular weight excluding hydrogens is 334 g/mol. The summed E-state index contributed by atoms with van der Waals surface area (Å²) in [6.45, 7) is 1.10. The van der Waals surface area contributed by atoms with Gasteiger partial charge in [-0.2, -0.15) is 0 Å². The minimum atomic E-state index is 0.803. The van der Waals surface area contributed by atoms with E-state index in [0.29, 0.717) is 0 Å². The summed E-state index contributed by atoms with van der Waals surface area (Å²) in [5, 5.41) is 14.4. The number of nitrogens with one attached hydrogen (secondary N) is 1. The average Bonchev–Trinajstić information content (AvgIpc) is 3.17. The van der Waals surface area contributed by atoms with E-state index in [0.717, 1.165) is 46.3 Å². The molecule has 1 saturated carbocycles. The first kappa shape index (κ1) is 14.2. The van der Waals surface area contributed by atoms with E-state index in [-0.39, 0.29) is 0 Å². The maximum absolute atomic E-state index is 4.30. The predicted octanol–water partition coefficient (Wildman–Crippen LogP) is 3.58. The largest absolute Gasteiger partial charge is 0.314 e. The third-order valence-electron chi connectivity index (χ3n) is 3.36. The predicted molar refractivity (Wildman–Crippen MR) is 86.2 cm³/mol. The number of hydrogen-bond acceptors (Lipinski definition) is 4. The van der Waals surface area contributed by atoms with E-state index in [1.165, 1.54) is 18.4 Å². The van der Waals surface area contributed by atoms with E-state index < -0.39 is 0 Å². The summed E-state index contributed by atoms with van der Waals surface area (Å²) >= 11 is 5.20. The lowest BCUT2D eigenvalue weighted by atomic mass is 10.2. The van der Waals surface area contributed by atoms with Crippen LogP contribution < -0.4 is 5.32 Å². The van der Waals surface area contributed by atoms with Crippen LogP contribution >= 0.6 is 27.3 Å². The van der Waals surface area contributed by atoms with Crippen LogP contribution in [0.25, 0.3) is 0 Å². The second-order valence-electron chi connectivity index (χ2n) is 5.22. The first-order valence-electron chi connectivity index (χ1n) is 7.09. The summed E-state index contributed by atoms with van der Waals surface area (Å²) in [6.07, 6.45) is 5.79. The van der Waals surface area contributed by atoms with Crippen molar-refractivity contribution in [3.8, 4) is 0 Å². The number of benzene rings is 1. The van der Waals surface area contributed by atoms with Gasteiger partial charge in [-0.3, -0.25) is 0 Å². The Bertz CT molecular complexity index is 549. The van der Waals surface area contributed by atoms with Crippen molar-refractivity contribution in [3.05, 3.63) is 44.3 Å². The highest BCUT2D eigenvalue weighted by Crippen LogP contribution is 2.19. The van der Waals surface area contributed by atoms with Crippen molar-refractivity contribution in [1.82, 2.24) is 15.5 Å². The fourth-order valence-corrected chi connectivity index (χ4v) is 3.26. The molecule has 1 aromatic carbocycles. The fourth-order valence-electron chi connectivity index (χ4n) is 2.07. The first-order valence-corrected chi connectivity index (χ1v) is 8.69. The van der Waals surface area contributed by atoms with E-state index in [2.05, 4.69) is 55.7 Å². The van der Waals surface area contributed by atoms with Gasteiger partial charge in [-0.1, -0.05) is 28.1 Å². The molecule has 1 aromatic heterocycles. The van der Waals surface area contributed by atoms with E-state index in [4.69, 9.17) is 0 Å². The van der Waals surface area contributed by atoms with Crippen LogP contribution in [-0.2, 0) is 12.8 Å². The fraction of sp³-hybridized carbons (Fsp3) is 0.467. The SMILES string of the molecule is Brc1ccc(Cc2nnc(CCCNC3CC3)s2)cc1. The number of aromatic nitrogens is 2. The van der Waals surface area contributed by atoms with Crippen molar-refractivity contribution >= 4 is 27.3 Å². The van der Waals surface area contributed by atoms with Gasteiger partial charge < -0.3 is 5.32 Å². The molecule has 1 aliphatic rings. The summed E-state index contributed by atoms with van der Waals surface area (Å²) in [5.41, 5.74) is 1.28. The van der Waals surface area contributed by atoms with Gasteiger partial charge in [0.2, 0.25) is 0 Å². The van der Waals surface area contributed by atoms with Gasteiger partial charge in [0.25, 0.3) is 0 Å². The van der Waals surface area contributed by atoms with Gasteiger partial charge in [0, 0.05) is 23.4 Å². The van der Waals surface area contributed by atoms with E-state index in [9.17, 15) is 0 Å². The van der Waals surface area contributed by atoms with Gasteiger partial charge in [0.15, 0.2) is 0 Å². The highest BCUT2D eigenvalue weighted by atomic mass is 79.9. The van der Waals surface area contributed by atoms with Gasteiger partial charge in [0.05, 0.1) is 0 Å². The maximum atomic E-state index is 4.30. The lowest BCUT2D eigenvalue weighted by Crippen LogP contribution is -2.17. The van der Waals surface area contributed by atoms with Crippen LogP contribution in [0.15, 0.2) is 28.7 Å². The average molecular weight is 352 g/mol. The van der Waals surface area contributed by atoms with Gasteiger partial charge in [-0.25, -0.2) is 0 Å². The maximum Gasteiger partial charge on any atom is 0.121 e. The van der Waals surface area contributed by atoms with Crippen molar-refractivity contribution < 1.29 is 0 Å². The number of nitrogens with zero attached hydrogens (tertiary/aromatic N) is 2. The Morgan fingerprint density at radius 2 is 1.90 bits per heavy atom. The van der Waals surface area contributed by atoms with Gasteiger partial charge in [-0.05, 0) is 43.5 Å². The Hall–Kier alpha value is -0.780. The molecule has 0 saturated heterocycles. The van der Waals surface area contributed by atoms with Crippen molar-refractivity contribution in [2.75, 3.05) is 6.54 Å². The molecule has 106 valence electrons. The van der Waals surface area contributed by atoms with Crippen molar-refractivity contribution in [3.63, 3.8) is 0 Å². The number of hydrogen-bond donors (Lipinski definition) is 1. The lowest BCUT2D eigenvalue weighted by molar-refractivity contribution is 0.643. The smallest absolute Gasteiger partial charge is 0.121 e. The summed E-state index contributed by atoms with van der Waals surface area (Å²) < 4.78 is 1.11. The molecule has 0 spiro atoms. The summed E-state index contributed by atoms with van der Waals surface area (Å²) in [5.74, 6) is 0. The Balaban J connectivity index is 1.46. The van der Waals surface area contributed by atoms with Crippen LogP contribution in [-0.4, -0.2) is 22.8 Å². The zero-order chi connectivity index (χ0) is 13.8. The molecule has 5 heteroatoms. The molecule has 0 bridgehead atoms. The van der Waals surface area contributed by atoms with Crippen LogP contribution in [0.2, 0.25) is 0 Å². The Kier molecular flexibility index (Phi) is 4.81. The Morgan fingerprint density at radius 1 is 1.15 bits per heavy atom. The third kappa shape index (κ3) is 4.36. The molecule has 0 unspecified atom stereocenters. The normalized spacial score (nSPS) is 14.7. The second-order valence-corrected chi connectivity index (χ2v) is 7.29. The van der Waals surface area contributed by atoms with E-state index in [1.807, 2.05) is 0 Å². The minimum absolute atomic E-state index is 0.803. The molecule has 0 aliphatic heterocycles. The van der Waals surface area contributed by atoms with Crippen LogP contribution in [0.5, 0.6) is 0 Å². The molecule has 1 aliphatic carbocycles. The quantitative estimate of drug-likeness (QED) is 0.774. The van der Waals surface area contributed by atoms with Crippen molar-refractivity contribution in [2.24, 2.45) is 0 Å². The highest BCUT2D eigenvalue weighted by Gasteiger charge is 2.19. The highest BCUT2D eigenvalue weighted by molar-refractivity contribution is 9.10. The molecule has 1 N–H and O–H groups in total. The molecule has 2 aromatic rings. The van der Waals surface area contributed by atoms with Gasteiger partial charge >= 0.3 is 0 Å². The molecule has 20 heavy (non-hydrogen) atoms. The van der Waals surface area contributed by atoms with Crippen LogP contribution in [0.3, 0.4) is 0 Å². The molecule has 3 nitrogen and oxygen atoms in total. The zero-order valence-electron chi connectivity index (χ0n) is 11.3. The van der Waals surface area contributed by atoms with Crippen molar-refractivity contribution in [1.29, 1.82) is 0 Å². The molecule has 0 atom stereocenters. The molecular formula is C15H18BrN3S. The molecule has 0 amide bonds. The van der Waals surface area contributed by atoms with Gasteiger partial charge in [0.1, 0.15) is 10.0 Å². The molecule has 0 radical (unpaired) electrons. The number of halogens is 1. The third-order valence-corrected chi connectivity index (χ3v) is 4.87. The summed E-state index contributed by atoms with van der Waals surface area (Å²) in [6, 6.07) is 9.20. The standard InChI is InChI=1S/C15H18BrN3S/c16-12-5-3-11(4-6-12)10-15-19-18-14(20-15)2-1-9-17-13-7-8-13/h3-6,13,17H,1-2,7-10H2. The van der Waals surface area contributed by atoms with E-state index >= 15 is 0 Å². The van der Waals surface area contributed by atoms with Crippen molar-refractivity contribution in [2.45, 2.75) is 38.1 Å². The van der Waals surface area contributed by atoms with Gasteiger partial charge in [-0.15, -0.1) is 21.5 Å². The topological polar surface area (TPSA) is 37.8 Å². The molecule has 1 fully saturated rings. The first-order chi connectivity index (χ1) is 9.79.